The van der Waals surface area contributed by atoms with Crippen LogP contribution in [0.2, 0.25) is 0 Å². The van der Waals surface area contributed by atoms with Gasteiger partial charge in [0.1, 0.15) is 0 Å². The largest absolute Gasteiger partial charge is 0.504 e. The van der Waals surface area contributed by atoms with Gasteiger partial charge in [0.2, 0.25) is 11.8 Å². The fraction of sp³-hybridized carbons (Fsp3) is 0.550. The Hall–Kier alpha value is -2.57. The Labute approximate surface area is 160 Å². The van der Waals surface area contributed by atoms with E-state index in [9.17, 15) is 14.7 Å². The molecule has 2 rings (SSSR count). The first-order valence-electron chi connectivity index (χ1n) is 9.65. The van der Waals surface area contributed by atoms with Crippen LogP contribution in [0.5, 0.6) is 11.5 Å². The Kier molecular flexibility index (Phi) is 8.61. The number of hydrogen-bond donors (Lipinski definition) is 3. The van der Waals surface area contributed by atoms with E-state index in [-0.39, 0.29) is 24.0 Å². The molecule has 1 aromatic carbocycles. The third kappa shape index (κ3) is 7.68. The van der Waals surface area contributed by atoms with Gasteiger partial charge in [-0.15, -0.1) is 0 Å². The fourth-order valence-corrected chi connectivity index (χ4v) is 3.07. The summed E-state index contributed by atoms with van der Waals surface area (Å²) in [7, 11) is 0. The zero-order valence-electron chi connectivity index (χ0n) is 15.9. The standard InChI is InChI=1S/C20H29N3O4/c1-2-27-18-13-15(11-12-17(18)24)14-21-23-20(26)10-6-9-19(25)22-16-7-4-3-5-8-16/h11-14,16,24H,2-10H2,1H3,(H,22,25)(H,23,26). The topological polar surface area (TPSA) is 100 Å². The molecule has 0 aromatic heterocycles. The van der Waals surface area contributed by atoms with Crippen LogP contribution in [0.4, 0.5) is 0 Å². The van der Waals surface area contributed by atoms with Gasteiger partial charge in [0, 0.05) is 18.9 Å². The lowest BCUT2D eigenvalue weighted by molar-refractivity contribution is -0.123. The minimum Gasteiger partial charge on any atom is -0.504 e. The van der Waals surface area contributed by atoms with Crippen LogP contribution in [0.25, 0.3) is 0 Å². The fourth-order valence-electron chi connectivity index (χ4n) is 3.07. The van der Waals surface area contributed by atoms with Crippen LogP contribution in [-0.2, 0) is 9.59 Å². The van der Waals surface area contributed by atoms with E-state index in [1.165, 1.54) is 31.5 Å². The first-order valence-corrected chi connectivity index (χ1v) is 9.65. The van der Waals surface area contributed by atoms with Gasteiger partial charge in [-0.25, -0.2) is 5.43 Å². The molecule has 1 aromatic rings. The summed E-state index contributed by atoms with van der Waals surface area (Å²) in [5.41, 5.74) is 3.15. The summed E-state index contributed by atoms with van der Waals surface area (Å²) in [6.45, 7) is 2.27. The quantitative estimate of drug-likeness (QED) is 0.456. The minimum absolute atomic E-state index is 0.0192. The first kappa shape index (κ1) is 20.7. The summed E-state index contributed by atoms with van der Waals surface area (Å²) in [5, 5.41) is 16.6. The second-order valence-electron chi connectivity index (χ2n) is 6.71. The molecular formula is C20H29N3O4. The summed E-state index contributed by atoms with van der Waals surface area (Å²) in [4.78, 5) is 23.7. The number of phenolic OH excluding ortho intramolecular Hbond substituents is 1. The maximum Gasteiger partial charge on any atom is 0.240 e. The van der Waals surface area contributed by atoms with Crippen LogP contribution in [0.15, 0.2) is 23.3 Å². The predicted molar refractivity (Wildman–Crippen MR) is 104 cm³/mol. The summed E-state index contributed by atoms with van der Waals surface area (Å²) in [6.07, 6.45) is 8.30. The molecule has 7 nitrogen and oxygen atoms in total. The van der Waals surface area contributed by atoms with E-state index in [0.29, 0.717) is 36.8 Å². The lowest BCUT2D eigenvalue weighted by Crippen LogP contribution is -2.36. The Morgan fingerprint density at radius 2 is 1.96 bits per heavy atom. The summed E-state index contributed by atoms with van der Waals surface area (Å²) >= 11 is 0. The zero-order chi connectivity index (χ0) is 19.5. The molecule has 0 saturated heterocycles. The van der Waals surface area contributed by atoms with E-state index >= 15 is 0 Å². The van der Waals surface area contributed by atoms with Crippen LogP contribution < -0.4 is 15.5 Å². The van der Waals surface area contributed by atoms with E-state index in [1.807, 2.05) is 6.92 Å². The number of hydrogen-bond acceptors (Lipinski definition) is 5. The van der Waals surface area contributed by atoms with E-state index in [4.69, 9.17) is 4.74 Å². The number of rotatable bonds is 9. The lowest BCUT2D eigenvalue weighted by Gasteiger charge is -2.22. The Bertz CT molecular complexity index is 655. The molecule has 27 heavy (non-hydrogen) atoms. The van der Waals surface area contributed by atoms with Crippen molar-refractivity contribution >= 4 is 18.0 Å². The number of phenols is 1. The zero-order valence-corrected chi connectivity index (χ0v) is 15.9. The van der Waals surface area contributed by atoms with Gasteiger partial charge >= 0.3 is 0 Å². The number of nitrogens with one attached hydrogen (secondary N) is 2. The van der Waals surface area contributed by atoms with Gasteiger partial charge in [0.25, 0.3) is 0 Å². The molecule has 1 fully saturated rings. The van der Waals surface area contributed by atoms with Crippen molar-refractivity contribution < 1.29 is 19.4 Å². The molecular weight excluding hydrogens is 346 g/mol. The molecule has 0 spiro atoms. The Morgan fingerprint density at radius 1 is 1.22 bits per heavy atom. The molecule has 1 saturated carbocycles. The number of hydrazone groups is 1. The summed E-state index contributed by atoms with van der Waals surface area (Å²) in [5.74, 6) is 0.215. The van der Waals surface area contributed by atoms with E-state index < -0.39 is 0 Å². The van der Waals surface area contributed by atoms with Crippen LogP contribution in [0, 0.1) is 0 Å². The average Bonchev–Trinajstić information content (AvgIpc) is 2.65. The van der Waals surface area contributed by atoms with Gasteiger partial charge in [-0.3, -0.25) is 9.59 Å². The van der Waals surface area contributed by atoms with Crippen molar-refractivity contribution in [3.05, 3.63) is 23.8 Å². The minimum atomic E-state index is -0.236. The van der Waals surface area contributed by atoms with E-state index in [1.54, 1.807) is 12.1 Å². The maximum atomic E-state index is 11.9. The van der Waals surface area contributed by atoms with Crippen molar-refractivity contribution in [1.82, 2.24) is 10.7 Å². The molecule has 1 aliphatic carbocycles. The molecule has 3 N–H and O–H groups in total. The van der Waals surface area contributed by atoms with Gasteiger partial charge in [-0.1, -0.05) is 19.3 Å². The van der Waals surface area contributed by atoms with Crippen LogP contribution >= 0.6 is 0 Å². The van der Waals surface area contributed by atoms with Gasteiger partial charge in [-0.05, 0) is 49.9 Å². The normalized spacial score (nSPS) is 14.9. The average molecular weight is 375 g/mol. The van der Waals surface area contributed by atoms with Crippen molar-refractivity contribution in [1.29, 1.82) is 0 Å². The molecule has 1 aliphatic rings. The number of benzene rings is 1. The molecule has 0 unspecified atom stereocenters. The number of aromatic hydroxyl groups is 1. The molecule has 0 aliphatic heterocycles. The van der Waals surface area contributed by atoms with Crippen molar-refractivity contribution in [3.63, 3.8) is 0 Å². The highest BCUT2D eigenvalue weighted by atomic mass is 16.5. The van der Waals surface area contributed by atoms with E-state index in [2.05, 4.69) is 15.8 Å². The molecule has 2 amide bonds. The van der Waals surface area contributed by atoms with Gasteiger partial charge in [0.05, 0.1) is 12.8 Å². The maximum absolute atomic E-state index is 11.9. The molecule has 0 heterocycles. The number of carbonyl (C=O) groups excluding carboxylic acids is 2. The third-order valence-corrected chi connectivity index (χ3v) is 4.46. The SMILES string of the molecule is CCOc1cc(C=NNC(=O)CCCC(=O)NC2CCCCC2)ccc1O. The van der Waals surface area contributed by atoms with Crippen molar-refractivity contribution in [3.8, 4) is 11.5 Å². The van der Waals surface area contributed by atoms with Crippen molar-refractivity contribution in [2.24, 2.45) is 5.10 Å². The molecule has 0 atom stereocenters. The molecule has 7 heteroatoms. The van der Waals surface area contributed by atoms with Gasteiger partial charge in [0.15, 0.2) is 11.5 Å². The highest BCUT2D eigenvalue weighted by Gasteiger charge is 2.15. The lowest BCUT2D eigenvalue weighted by atomic mass is 9.95. The smallest absolute Gasteiger partial charge is 0.240 e. The third-order valence-electron chi connectivity index (χ3n) is 4.46. The second kappa shape index (κ2) is 11.2. The van der Waals surface area contributed by atoms with E-state index in [0.717, 1.165) is 12.8 Å². The first-order chi connectivity index (χ1) is 13.1. The van der Waals surface area contributed by atoms with Crippen LogP contribution in [0.1, 0.15) is 63.9 Å². The Morgan fingerprint density at radius 3 is 2.70 bits per heavy atom. The summed E-state index contributed by atoms with van der Waals surface area (Å²) in [6, 6.07) is 5.13. The Balaban J connectivity index is 1.66. The van der Waals surface area contributed by atoms with Crippen LogP contribution in [-0.4, -0.2) is 35.8 Å². The monoisotopic (exact) mass is 375 g/mol. The van der Waals surface area contributed by atoms with Crippen LogP contribution in [0.3, 0.4) is 0 Å². The summed E-state index contributed by atoms with van der Waals surface area (Å²) < 4.78 is 5.30. The van der Waals surface area contributed by atoms with Gasteiger partial charge < -0.3 is 15.2 Å². The molecule has 148 valence electrons. The van der Waals surface area contributed by atoms with Crippen molar-refractivity contribution in [2.75, 3.05) is 6.61 Å². The van der Waals surface area contributed by atoms with Gasteiger partial charge in [-0.2, -0.15) is 5.10 Å². The molecule has 0 bridgehead atoms. The number of carbonyl (C=O) groups is 2. The predicted octanol–water partition coefficient (Wildman–Crippen LogP) is 2.86. The molecule has 0 radical (unpaired) electrons. The number of ether oxygens (including phenoxy) is 1. The second-order valence-corrected chi connectivity index (χ2v) is 6.71. The highest BCUT2D eigenvalue weighted by molar-refractivity contribution is 5.83. The number of nitrogens with zero attached hydrogens (tertiary/aromatic N) is 1. The van der Waals surface area contributed by atoms with Crippen molar-refractivity contribution in [2.45, 2.75) is 64.3 Å². The number of amides is 2. The highest BCUT2D eigenvalue weighted by Crippen LogP contribution is 2.26.